The monoisotopic (exact) mass is 471 g/mol. The van der Waals surface area contributed by atoms with Crippen molar-refractivity contribution in [2.24, 2.45) is 46.3 Å². The number of rotatable bonds is 6. The number of fused-ring (bicyclic) bond motifs is 5. The quantitative estimate of drug-likeness (QED) is 0.442. The molecule has 33 heavy (non-hydrogen) atoms. The fourth-order valence-corrected chi connectivity index (χ4v) is 8.98. The molecule has 0 heterocycles. The van der Waals surface area contributed by atoms with Crippen LogP contribution in [0.15, 0.2) is 0 Å². The normalized spacial score (nSPS) is 45.1. The first-order chi connectivity index (χ1) is 15.1. The number of nitrogens with one attached hydrogen (secondary N) is 1. The van der Waals surface area contributed by atoms with Crippen LogP contribution in [-0.4, -0.2) is 40.8 Å². The average Bonchev–Trinajstić information content (AvgIpc) is 3.10. The first-order valence-electron chi connectivity index (χ1n) is 12.9. The van der Waals surface area contributed by atoms with Crippen molar-refractivity contribution in [3.05, 3.63) is 0 Å². The summed E-state index contributed by atoms with van der Waals surface area (Å²) in [7, 11) is 0. The predicted octanol–water partition coefficient (Wildman–Crippen LogP) is -0.737. The third kappa shape index (κ3) is 4.94. The van der Waals surface area contributed by atoms with Crippen LogP contribution in [0.5, 0.6) is 0 Å². The number of aliphatic hydroxyl groups is 2. The summed E-state index contributed by atoms with van der Waals surface area (Å²) in [6, 6.07) is 0. The molecule has 6 unspecified atom stereocenters. The van der Waals surface area contributed by atoms with Gasteiger partial charge in [-0.05, 0) is 104 Å². The molecule has 0 bridgehead atoms. The molecule has 4 saturated carbocycles. The fourth-order valence-electron chi connectivity index (χ4n) is 8.98. The molecule has 6 nitrogen and oxygen atoms in total. The van der Waals surface area contributed by atoms with Crippen molar-refractivity contribution < 1.29 is 54.5 Å². The van der Waals surface area contributed by atoms with Gasteiger partial charge < -0.3 is 25.4 Å². The van der Waals surface area contributed by atoms with E-state index in [1.54, 1.807) is 0 Å². The third-order valence-electron chi connectivity index (χ3n) is 10.8. The van der Waals surface area contributed by atoms with Gasteiger partial charge in [0.1, 0.15) is 0 Å². The number of aliphatic carboxylic acids is 1. The van der Waals surface area contributed by atoms with E-state index < -0.39 is 12.5 Å². The minimum atomic E-state index is -1.27. The zero-order chi connectivity index (χ0) is 23.3. The smallest absolute Gasteiger partial charge is 0.548 e. The van der Waals surface area contributed by atoms with Gasteiger partial charge in [0, 0.05) is 6.42 Å². The van der Waals surface area contributed by atoms with Crippen molar-refractivity contribution >= 4 is 11.9 Å². The van der Waals surface area contributed by atoms with E-state index in [9.17, 15) is 24.9 Å². The first kappa shape index (κ1) is 27.4. The molecule has 3 N–H and O–H groups in total. The number of carboxylic acids is 1. The predicted molar refractivity (Wildman–Crippen MR) is 119 cm³/mol. The van der Waals surface area contributed by atoms with Crippen LogP contribution in [0.3, 0.4) is 0 Å². The number of carbonyl (C=O) groups excluding carboxylic acids is 2. The van der Waals surface area contributed by atoms with E-state index in [0.717, 1.165) is 38.5 Å². The largest absolute Gasteiger partial charge is 1.00 e. The molecule has 0 radical (unpaired) electrons. The van der Waals surface area contributed by atoms with Crippen LogP contribution in [-0.2, 0) is 9.59 Å². The molecule has 182 valence electrons. The van der Waals surface area contributed by atoms with Gasteiger partial charge in [-0.2, -0.15) is 0 Å². The first-order valence-corrected chi connectivity index (χ1v) is 12.9. The van der Waals surface area contributed by atoms with Crippen LogP contribution in [0.4, 0.5) is 0 Å². The topological polar surface area (TPSA) is 110 Å². The van der Waals surface area contributed by atoms with Crippen LogP contribution >= 0.6 is 0 Å². The van der Waals surface area contributed by atoms with Gasteiger partial charge in [0.2, 0.25) is 5.91 Å². The number of carbonyl (C=O) groups is 2. The molecular weight excluding hydrogens is 429 g/mol. The molecule has 0 spiro atoms. The molecule has 4 aliphatic rings. The van der Waals surface area contributed by atoms with Crippen molar-refractivity contribution in [3.63, 3.8) is 0 Å². The maximum atomic E-state index is 12.0. The van der Waals surface area contributed by atoms with E-state index in [0.29, 0.717) is 48.3 Å². The minimum absolute atomic E-state index is 0. The second-order valence-electron chi connectivity index (χ2n) is 12.1. The molecule has 7 heteroatoms. The second-order valence-corrected chi connectivity index (χ2v) is 12.1. The van der Waals surface area contributed by atoms with E-state index in [1.165, 1.54) is 12.8 Å². The molecule has 0 aromatic rings. The zero-order valence-corrected chi connectivity index (χ0v) is 23.0. The van der Waals surface area contributed by atoms with Crippen LogP contribution in [0, 0.1) is 46.3 Å². The molecule has 4 fully saturated rings. The van der Waals surface area contributed by atoms with E-state index in [1.807, 2.05) is 0 Å². The number of aliphatic hydroxyl groups excluding tert-OH is 2. The van der Waals surface area contributed by atoms with Crippen LogP contribution < -0.4 is 40.0 Å². The Bertz CT molecular complexity index is 733. The van der Waals surface area contributed by atoms with Gasteiger partial charge >= 0.3 is 29.6 Å². The van der Waals surface area contributed by atoms with Gasteiger partial charge in [0.25, 0.3) is 0 Å². The summed E-state index contributed by atoms with van der Waals surface area (Å²) in [6.45, 7) is 6.51. The molecular formula is C26H42NNaO5. The minimum Gasteiger partial charge on any atom is -0.548 e. The summed E-state index contributed by atoms with van der Waals surface area (Å²) < 4.78 is 0. The van der Waals surface area contributed by atoms with Crippen molar-refractivity contribution in [2.45, 2.75) is 97.2 Å². The Hall–Kier alpha value is -0.140. The summed E-state index contributed by atoms with van der Waals surface area (Å²) in [5.74, 6) is 1.50. The van der Waals surface area contributed by atoms with E-state index in [2.05, 4.69) is 26.1 Å². The average molecular weight is 472 g/mol. The SMILES string of the molecule is CC(CCC(=O)NCC(=O)[O-])C1CC[C@H]2C3CCC4C[C@H](O)CCC4(C)[C@H]3C[C@H](O)C12C.[Na+]. The Balaban J connectivity index is 0.00000306. The van der Waals surface area contributed by atoms with Gasteiger partial charge in [-0.25, -0.2) is 0 Å². The molecule has 4 aliphatic carbocycles. The number of hydrogen-bond donors (Lipinski definition) is 3. The summed E-state index contributed by atoms with van der Waals surface area (Å²) in [5.41, 5.74) is 0.130. The van der Waals surface area contributed by atoms with Crippen molar-refractivity contribution in [1.29, 1.82) is 0 Å². The van der Waals surface area contributed by atoms with Crippen LogP contribution in [0.25, 0.3) is 0 Å². The van der Waals surface area contributed by atoms with Crippen LogP contribution in [0.1, 0.15) is 85.0 Å². The zero-order valence-electron chi connectivity index (χ0n) is 21.0. The molecule has 0 aromatic carbocycles. The van der Waals surface area contributed by atoms with E-state index >= 15 is 0 Å². The van der Waals surface area contributed by atoms with Crippen molar-refractivity contribution in [2.75, 3.05) is 6.54 Å². The van der Waals surface area contributed by atoms with E-state index in [-0.39, 0.29) is 58.5 Å². The summed E-state index contributed by atoms with van der Waals surface area (Å²) in [4.78, 5) is 22.6. The Morgan fingerprint density at radius 1 is 1.06 bits per heavy atom. The molecule has 0 saturated heterocycles. The van der Waals surface area contributed by atoms with Gasteiger partial charge in [-0.1, -0.05) is 20.8 Å². The molecule has 4 rings (SSSR count). The Morgan fingerprint density at radius 2 is 1.79 bits per heavy atom. The Morgan fingerprint density at radius 3 is 2.48 bits per heavy atom. The fraction of sp³-hybridized carbons (Fsp3) is 0.923. The molecule has 10 atom stereocenters. The standard InChI is InChI=1S/C26H43NO5.Na/c1-15(4-9-23(30)27-14-24(31)32)19-7-8-20-18-6-5-16-12-17(28)10-11-25(16,2)21(18)13-22(29)26(19,20)3;/h15-22,28-29H,4-14H2,1-3H3,(H,27,30)(H,31,32);/q;+1/p-1/t15?,16?,17-,18?,19?,20+,21+,22+,25?,26?;/m1./s1. The van der Waals surface area contributed by atoms with Gasteiger partial charge in [0.05, 0.1) is 24.7 Å². The van der Waals surface area contributed by atoms with Gasteiger partial charge in [0.15, 0.2) is 0 Å². The maximum Gasteiger partial charge on any atom is 1.00 e. The summed E-state index contributed by atoms with van der Waals surface area (Å²) >= 11 is 0. The number of carboxylic acid groups (broad SMARTS) is 1. The molecule has 1 amide bonds. The molecule has 0 aliphatic heterocycles. The number of amides is 1. The summed E-state index contributed by atoms with van der Waals surface area (Å²) in [6.07, 6.45) is 9.01. The Labute approximate surface area is 221 Å². The van der Waals surface area contributed by atoms with Crippen molar-refractivity contribution in [3.8, 4) is 0 Å². The molecule has 0 aromatic heterocycles. The second kappa shape index (κ2) is 10.5. The summed E-state index contributed by atoms with van der Waals surface area (Å²) in [5, 5.41) is 34.8. The van der Waals surface area contributed by atoms with Crippen molar-refractivity contribution in [1.82, 2.24) is 5.32 Å². The van der Waals surface area contributed by atoms with Gasteiger partial charge in [-0.3, -0.25) is 4.79 Å². The Kier molecular flexibility index (Phi) is 8.70. The third-order valence-corrected chi connectivity index (χ3v) is 10.8. The van der Waals surface area contributed by atoms with E-state index in [4.69, 9.17) is 0 Å². The van der Waals surface area contributed by atoms with Gasteiger partial charge in [-0.15, -0.1) is 0 Å². The van der Waals surface area contributed by atoms with Crippen LogP contribution in [0.2, 0.25) is 0 Å². The maximum absolute atomic E-state index is 12.0. The number of hydrogen-bond acceptors (Lipinski definition) is 5.